The molecule has 3 nitrogen and oxygen atoms in total. The maximum absolute atomic E-state index is 12.3. The normalized spacial score (nSPS) is 21.8. The Hall–Kier alpha value is -1.26. The van der Waals surface area contributed by atoms with Crippen molar-refractivity contribution in [2.24, 2.45) is 11.8 Å². The van der Waals surface area contributed by atoms with E-state index in [4.69, 9.17) is 0 Å². The number of hydrogen-bond donors (Lipinski definition) is 1. The van der Waals surface area contributed by atoms with Gasteiger partial charge in [-0.2, -0.15) is 11.3 Å². The molecule has 0 radical (unpaired) electrons. The summed E-state index contributed by atoms with van der Waals surface area (Å²) in [5.74, 6) is 1.52. The Morgan fingerprint density at radius 2 is 2.11 bits per heavy atom. The summed E-state index contributed by atoms with van der Waals surface area (Å²) in [6.07, 6.45) is 8.71. The molecule has 2 unspecified atom stereocenters. The molecular weight excluding hydrogens is 354 g/mol. The van der Waals surface area contributed by atoms with Gasteiger partial charge in [0.25, 0.3) is 0 Å². The molecule has 1 N–H and O–H groups in total. The van der Waals surface area contributed by atoms with Crippen LogP contribution in [0.25, 0.3) is 0 Å². The largest absolute Gasteiger partial charge is 0.305 e. The van der Waals surface area contributed by atoms with Crippen LogP contribution in [0.5, 0.6) is 0 Å². The molecule has 0 aliphatic heterocycles. The lowest BCUT2D eigenvalue weighted by atomic mass is 9.86. The molecule has 1 aliphatic carbocycles. The first-order chi connectivity index (χ1) is 12.8. The standard InChI is InChI=1S/C23H35NO2S/c1-17(2)14-23(4,18(3)25)24-15-20-7-5-6-19(8-9-20)12-22(26)13-21-10-11-27-16-21/h10-12,16-17,20,24H,5-9,13-15H2,1-4H3/b19-12-. The third-order valence-corrected chi connectivity index (χ3v) is 6.41. The average molecular weight is 390 g/mol. The topological polar surface area (TPSA) is 46.2 Å². The molecule has 0 bridgehead atoms. The zero-order valence-corrected chi connectivity index (χ0v) is 18.2. The van der Waals surface area contributed by atoms with E-state index in [1.54, 1.807) is 18.3 Å². The number of carbonyl (C=O) groups excluding carboxylic acids is 2. The van der Waals surface area contributed by atoms with Crippen LogP contribution in [0.4, 0.5) is 0 Å². The highest BCUT2D eigenvalue weighted by Crippen LogP contribution is 2.28. The first-order valence-corrected chi connectivity index (χ1v) is 11.2. The summed E-state index contributed by atoms with van der Waals surface area (Å²) >= 11 is 1.64. The van der Waals surface area contributed by atoms with Crippen molar-refractivity contribution in [3.05, 3.63) is 34.0 Å². The molecule has 2 atom stereocenters. The average Bonchev–Trinajstić information content (AvgIpc) is 2.98. The number of carbonyl (C=O) groups is 2. The number of ketones is 2. The Balaban J connectivity index is 1.85. The summed E-state index contributed by atoms with van der Waals surface area (Å²) in [6, 6.07) is 2.03. The smallest absolute Gasteiger partial charge is 0.160 e. The van der Waals surface area contributed by atoms with E-state index < -0.39 is 5.54 Å². The fraction of sp³-hybridized carbons (Fsp3) is 0.652. The molecule has 1 aromatic rings. The third-order valence-electron chi connectivity index (χ3n) is 5.68. The van der Waals surface area contributed by atoms with E-state index in [0.29, 0.717) is 18.3 Å². The van der Waals surface area contributed by atoms with Crippen LogP contribution in [-0.4, -0.2) is 23.7 Å². The fourth-order valence-electron chi connectivity index (χ4n) is 4.02. The van der Waals surface area contributed by atoms with Crippen LogP contribution in [0, 0.1) is 11.8 Å². The molecule has 0 spiro atoms. The summed E-state index contributed by atoms with van der Waals surface area (Å²) in [4.78, 5) is 24.4. The summed E-state index contributed by atoms with van der Waals surface area (Å²) in [6.45, 7) is 8.96. The van der Waals surface area contributed by atoms with Crippen LogP contribution in [0.15, 0.2) is 28.5 Å². The lowest BCUT2D eigenvalue weighted by Crippen LogP contribution is -2.50. The van der Waals surface area contributed by atoms with Crippen LogP contribution >= 0.6 is 11.3 Å². The highest BCUT2D eigenvalue weighted by atomic mass is 32.1. The molecule has 27 heavy (non-hydrogen) atoms. The second kappa shape index (κ2) is 10.3. The lowest BCUT2D eigenvalue weighted by molar-refractivity contribution is -0.123. The Morgan fingerprint density at radius 1 is 1.33 bits per heavy atom. The van der Waals surface area contributed by atoms with Crippen molar-refractivity contribution in [2.45, 2.75) is 78.2 Å². The monoisotopic (exact) mass is 389 g/mol. The zero-order chi connectivity index (χ0) is 19.9. The van der Waals surface area contributed by atoms with E-state index >= 15 is 0 Å². The highest BCUT2D eigenvalue weighted by Gasteiger charge is 2.31. The number of nitrogens with one attached hydrogen (secondary N) is 1. The molecule has 0 saturated heterocycles. The van der Waals surface area contributed by atoms with Crippen LogP contribution < -0.4 is 5.32 Å². The number of rotatable bonds is 9. The first kappa shape index (κ1) is 22.0. The van der Waals surface area contributed by atoms with E-state index in [-0.39, 0.29) is 11.6 Å². The van der Waals surface area contributed by atoms with Gasteiger partial charge >= 0.3 is 0 Å². The maximum Gasteiger partial charge on any atom is 0.160 e. The van der Waals surface area contributed by atoms with Gasteiger partial charge in [-0.25, -0.2) is 0 Å². The highest BCUT2D eigenvalue weighted by molar-refractivity contribution is 7.08. The van der Waals surface area contributed by atoms with Crippen molar-refractivity contribution < 1.29 is 9.59 Å². The predicted octanol–water partition coefficient (Wildman–Crippen LogP) is 5.35. The molecule has 1 heterocycles. The van der Waals surface area contributed by atoms with Crippen molar-refractivity contribution in [3.63, 3.8) is 0 Å². The molecular formula is C23H35NO2S. The zero-order valence-electron chi connectivity index (χ0n) is 17.3. The van der Waals surface area contributed by atoms with Gasteiger partial charge in [-0.1, -0.05) is 19.4 Å². The van der Waals surface area contributed by atoms with Gasteiger partial charge in [0.1, 0.15) is 5.78 Å². The molecule has 1 aliphatic rings. The minimum absolute atomic E-state index is 0.223. The Kier molecular flexibility index (Phi) is 8.43. The van der Waals surface area contributed by atoms with Gasteiger partial charge in [-0.3, -0.25) is 9.59 Å². The summed E-state index contributed by atoms with van der Waals surface area (Å²) < 4.78 is 0. The van der Waals surface area contributed by atoms with Crippen LogP contribution in [0.1, 0.15) is 71.8 Å². The summed E-state index contributed by atoms with van der Waals surface area (Å²) in [7, 11) is 0. The van der Waals surface area contributed by atoms with Gasteiger partial charge in [0.15, 0.2) is 5.78 Å². The van der Waals surface area contributed by atoms with Crippen molar-refractivity contribution in [2.75, 3.05) is 6.54 Å². The SMILES string of the molecule is CC(=O)C(C)(CC(C)C)NCC1CCC/C(=C/C(=O)Cc2ccsc2)CC1. The number of hydrogen-bond acceptors (Lipinski definition) is 4. The summed E-state index contributed by atoms with van der Waals surface area (Å²) in [5.41, 5.74) is 2.00. The van der Waals surface area contributed by atoms with Crippen LogP contribution in [0.3, 0.4) is 0 Å². The predicted molar refractivity (Wildman–Crippen MR) is 114 cm³/mol. The molecule has 2 rings (SSSR count). The quantitative estimate of drug-likeness (QED) is 0.457. The van der Waals surface area contributed by atoms with E-state index in [1.165, 1.54) is 12.0 Å². The van der Waals surface area contributed by atoms with Gasteiger partial charge in [0.2, 0.25) is 0 Å². The van der Waals surface area contributed by atoms with E-state index in [2.05, 4.69) is 19.2 Å². The van der Waals surface area contributed by atoms with E-state index in [0.717, 1.165) is 44.2 Å². The van der Waals surface area contributed by atoms with Crippen LogP contribution in [-0.2, 0) is 16.0 Å². The number of thiophene rings is 1. The molecule has 1 aromatic heterocycles. The Labute approximate surface area is 168 Å². The van der Waals surface area contributed by atoms with E-state index in [9.17, 15) is 9.59 Å². The first-order valence-electron chi connectivity index (χ1n) is 10.3. The Morgan fingerprint density at radius 3 is 2.74 bits per heavy atom. The van der Waals surface area contributed by atoms with Gasteiger partial charge in [-0.05, 0) is 99.2 Å². The minimum Gasteiger partial charge on any atom is -0.305 e. The molecule has 150 valence electrons. The second-order valence-corrected chi connectivity index (χ2v) is 9.52. The van der Waals surface area contributed by atoms with Crippen molar-refractivity contribution in [1.82, 2.24) is 5.32 Å². The van der Waals surface area contributed by atoms with Gasteiger partial charge < -0.3 is 5.32 Å². The maximum atomic E-state index is 12.3. The van der Waals surface area contributed by atoms with Crippen molar-refractivity contribution in [3.8, 4) is 0 Å². The Bertz CT molecular complexity index is 647. The van der Waals surface area contributed by atoms with Crippen molar-refractivity contribution in [1.29, 1.82) is 0 Å². The summed E-state index contributed by atoms with van der Waals surface area (Å²) in [5, 5.41) is 7.65. The van der Waals surface area contributed by atoms with Gasteiger partial charge in [0.05, 0.1) is 5.54 Å². The molecule has 0 amide bonds. The van der Waals surface area contributed by atoms with Crippen LogP contribution in [0.2, 0.25) is 0 Å². The number of allylic oxidation sites excluding steroid dienone is 2. The fourth-order valence-corrected chi connectivity index (χ4v) is 4.69. The molecule has 0 aromatic carbocycles. The third kappa shape index (κ3) is 7.34. The molecule has 4 heteroatoms. The lowest BCUT2D eigenvalue weighted by Gasteiger charge is -2.32. The van der Waals surface area contributed by atoms with Gasteiger partial charge in [-0.15, -0.1) is 0 Å². The minimum atomic E-state index is -0.421. The van der Waals surface area contributed by atoms with E-state index in [1.807, 2.05) is 29.8 Å². The molecule has 1 fully saturated rings. The van der Waals surface area contributed by atoms with Gasteiger partial charge in [0, 0.05) is 6.42 Å². The second-order valence-electron chi connectivity index (χ2n) is 8.74. The molecule has 1 saturated carbocycles. The number of Topliss-reactive ketones (excluding diaryl/α,β-unsaturated/α-hetero) is 1. The van der Waals surface area contributed by atoms with Crippen molar-refractivity contribution >= 4 is 22.9 Å².